The molecule has 0 amide bonds. The predicted molar refractivity (Wildman–Crippen MR) is 33.5 cm³/mol. The van der Waals surface area contributed by atoms with Gasteiger partial charge in [-0.15, -0.1) is 0 Å². The van der Waals surface area contributed by atoms with Crippen molar-refractivity contribution in [1.82, 2.24) is 9.55 Å². The third-order valence-corrected chi connectivity index (χ3v) is 1.16. The van der Waals surface area contributed by atoms with Gasteiger partial charge in [-0.05, 0) is 0 Å². The first-order chi connectivity index (χ1) is 5.11. The summed E-state index contributed by atoms with van der Waals surface area (Å²) in [5.74, 6) is -1.23. The summed E-state index contributed by atoms with van der Waals surface area (Å²) in [5.41, 5.74) is -0.192. The van der Waals surface area contributed by atoms with Crippen LogP contribution in [-0.4, -0.2) is 21.8 Å². The van der Waals surface area contributed by atoms with E-state index in [0.29, 0.717) is 0 Å². The number of carbonyl (C=O) groups is 1. The summed E-state index contributed by atoms with van der Waals surface area (Å²) in [4.78, 5) is 14.0. The first kappa shape index (κ1) is 7.84. The molecule has 0 saturated heterocycles. The number of hydrogen-bond acceptors (Lipinski definition) is 2. The van der Waals surface area contributed by atoms with Crippen molar-refractivity contribution in [2.24, 2.45) is 7.05 Å². The van der Waals surface area contributed by atoms with E-state index in [4.69, 9.17) is 0 Å². The minimum Gasteiger partial charge on any atom is -0.340 e. The zero-order chi connectivity index (χ0) is 8.43. The van der Waals surface area contributed by atoms with Crippen LogP contribution in [0.4, 0.5) is 8.78 Å². The quantitative estimate of drug-likeness (QED) is 0.601. The zero-order valence-electron chi connectivity index (χ0n) is 5.79. The number of halogens is 2. The van der Waals surface area contributed by atoms with E-state index in [-0.39, 0.29) is 5.69 Å². The highest BCUT2D eigenvalue weighted by molar-refractivity contribution is 5.96. The lowest BCUT2D eigenvalue weighted by molar-refractivity contribution is 0.0673. The number of nitrogens with zero attached hydrogens (tertiary/aromatic N) is 2. The molecule has 11 heavy (non-hydrogen) atoms. The second kappa shape index (κ2) is 2.77. The molecule has 1 aromatic heterocycles. The van der Waals surface area contributed by atoms with Gasteiger partial charge in [0.25, 0.3) is 0 Å². The maximum atomic E-state index is 11.7. The van der Waals surface area contributed by atoms with Crippen molar-refractivity contribution in [3.8, 4) is 0 Å². The summed E-state index contributed by atoms with van der Waals surface area (Å²) in [5, 5.41) is 0. The molecule has 0 aliphatic heterocycles. The van der Waals surface area contributed by atoms with Gasteiger partial charge in [0, 0.05) is 13.2 Å². The van der Waals surface area contributed by atoms with E-state index in [0.717, 1.165) is 0 Å². The molecule has 5 heteroatoms. The van der Waals surface area contributed by atoms with Crippen LogP contribution in [0.5, 0.6) is 0 Å². The van der Waals surface area contributed by atoms with E-state index < -0.39 is 12.2 Å². The Kier molecular flexibility index (Phi) is 1.98. The molecule has 1 aromatic rings. The minimum atomic E-state index is -2.97. The highest BCUT2D eigenvalue weighted by Gasteiger charge is 2.19. The Hall–Kier alpha value is -1.26. The summed E-state index contributed by atoms with van der Waals surface area (Å²) in [7, 11) is 1.61. The van der Waals surface area contributed by atoms with Gasteiger partial charge >= 0.3 is 6.43 Å². The highest BCUT2D eigenvalue weighted by atomic mass is 19.3. The van der Waals surface area contributed by atoms with E-state index in [1.54, 1.807) is 7.05 Å². The van der Waals surface area contributed by atoms with Crippen LogP contribution in [0, 0.1) is 0 Å². The smallest absolute Gasteiger partial charge is 0.302 e. The van der Waals surface area contributed by atoms with Crippen LogP contribution in [0.15, 0.2) is 12.5 Å². The zero-order valence-corrected chi connectivity index (χ0v) is 5.79. The molecule has 0 bridgehead atoms. The highest BCUT2D eigenvalue weighted by Crippen LogP contribution is 2.03. The fraction of sp³-hybridized carbons (Fsp3) is 0.333. The fourth-order valence-corrected chi connectivity index (χ4v) is 0.652. The normalized spacial score (nSPS) is 10.5. The molecule has 0 atom stereocenters. The van der Waals surface area contributed by atoms with Crippen LogP contribution < -0.4 is 0 Å². The van der Waals surface area contributed by atoms with Gasteiger partial charge in [0.1, 0.15) is 5.69 Å². The van der Waals surface area contributed by atoms with Crippen molar-refractivity contribution in [2.75, 3.05) is 0 Å². The number of Topliss-reactive ketones (excluding diaryl/α,β-unsaturated/α-hetero) is 1. The fourth-order valence-electron chi connectivity index (χ4n) is 0.652. The summed E-state index contributed by atoms with van der Waals surface area (Å²) in [6, 6.07) is 0. The van der Waals surface area contributed by atoms with Crippen molar-refractivity contribution in [3.05, 3.63) is 18.2 Å². The lowest BCUT2D eigenvalue weighted by Gasteiger charge is -1.91. The van der Waals surface area contributed by atoms with Crippen molar-refractivity contribution in [1.29, 1.82) is 0 Å². The molecule has 0 aliphatic carbocycles. The van der Waals surface area contributed by atoms with Crippen molar-refractivity contribution in [3.63, 3.8) is 0 Å². The molecule has 0 unspecified atom stereocenters. The Morgan fingerprint density at radius 2 is 2.36 bits per heavy atom. The topological polar surface area (TPSA) is 34.9 Å². The van der Waals surface area contributed by atoms with Gasteiger partial charge in [-0.3, -0.25) is 4.79 Å². The second-order valence-corrected chi connectivity index (χ2v) is 2.09. The lowest BCUT2D eigenvalue weighted by atomic mass is 10.3. The number of rotatable bonds is 2. The van der Waals surface area contributed by atoms with Gasteiger partial charge < -0.3 is 4.57 Å². The number of ketones is 1. The Labute approximate surface area is 61.7 Å². The Morgan fingerprint density at radius 1 is 1.73 bits per heavy atom. The number of imidazole rings is 1. The molecular weight excluding hydrogens is 154 g/mol. The standard InChI is InChI=1S/C6H6F2N2O/c1-10-2-4(9-3-10)5(11)6(7)8/h2-3,6H,1H3. The molecule has 1 rings (SSSR count). The van der Waals surface area contributed by atoms with Crippen LogP contribution in [0.25, 0.3) is 0 Å². The van der Waals surface area contributed by atoms with E-state index in [2.05, 4.69) is 4.98 Å². The van der Waals surface area contributed by atoms with Gasteiger partial charge in [0.2, 0.25) is 5.78 Å². The third kappa shape index (κ3) is 1.60. The predicted octanol–water partition coefficient (Wildman–Crippen LogP) is 0.868. The molecule has 0 fully saturated rings. The molecule has 3 nitrogen and oxygen atoms in total. The van der Waals surface area contributed by atoms with Crippen molar-refractivity contribution in [2.45, 2.75) is 6.43 Å². The van der Waals surface area contributed by atoms with E-state index in [1.165, 1.54) is 17.1 Å². The van der Waals surface area contributed by atoms with Crippen LogP contribution in [0.2, 0.25) is 0 Å². The van der Waals surface area contributed by atoms with Crippen LogP contribution in [-0.2, 0) is 7.05 Å². The molecule has 0 spiro atoms. The van der Waals surface area contributed by atoms with E-state index in [1.807, 2.05) is 0 Å². The summed E-state index contributed by atoms with van der Waals surface area (Å²) < 4.78 is 24.9. The molecule has 1 heterocycles. The average molecular weight is 160 g/mol. The number of carbonyl (C=O) groups excluding carboxylic acids is 1. The Balaban J connectivity index is 2.85. The first-order valence-electron chi connectivity index (χ1n) is 2.91. The monoisotopic (exact) mass is 160 g/mol. The molecule has 60 valence electrons. The van der Waals surface area contributed by atoms with Crippen LogP contribution >= 0.6 is 0 Å². The minimum absolute atomic E-state index is 0.192. The molecular formula is C6H6F2N2O. The molecule has 0 aliphatic rings. The average Bonchev–Trinajstić information content (AvgIpc) is 2.34. The Bertz CT molecular complexity index is 269. The molecule has 0 radical (unpaired) electrons. The van der Waals surface area contributed by atoms with E-state index in [9.17, 15) is 13.6 Å². The summed E-state index contributed by atoms with van der Waals surface area (Å²) in [6.45, 7) is 0. The molecule has 0 N–H and O–H groups in total. The van der Waals surface area contributed by atoms with Gasteiger partial charge in [-0.2, -0.15) is 0 Å². The number of aryl methyl sites for hydroxylation is 1. The summed E-state index contributed by atoms with van der Waals surface area (Å²) in [6.07, 6.45) is -0.408. The maximum Gasteiger partial charge on any atom is 0.302 e. The van der Waals surface area contributed by atoms with Crippen molar-refractivity contribution >= 4 is 5.78 Å². The molecule has 0 saturated carbocycles. The third-order valence-electron chi connectivity index (χ3n) is 1.16. The van der Waals surface area contributed by atoms with Crippen molar-refractivity contribution < 1.29 is 13.6 Å². The summed E-state index contributed by atoms with van der Waals surface area (Å²) >= 11 is 0. The maximum absolute atomic E-state index is 11.7. The largest absolute Gasteiger partial charge is 0.340 e. The number of alkyl halides is 2. The van der Waals surface area contributed by atoms with Gasteiger partial charge in [0.05, 0.1) is 6.33 Å². The van der Waals surface area contributed by atoms with E-state index >= 15 is 0 Å². The first-order valence-corrected chi connectivity index (χ1v) is 2.91. The van der Waals surface area contributed by atoms with Gasteiger partial charge in [0.15, 0.2) is 0 Å². The van der Waals surface area contributed by atoms with Crippen LogP contribution in [0.1, 0.15) is 10.5 Å². The number of aromatic nitrogens is 2. The lowest BCUT2D eigenvalue weighted by Crippen LogP contribution is -2.10. The van der Waals surface area contributed by atoms with Gasteiger partial charge in [-0.1, -0.05) is 0 Å². The SMILES string of the molecule is Cn1cnc(C(=O)C(F)F)c1. The Morgan fingerprint density at radius 3 is 2.73 bits per heavy atom. The van der Waals surface area contributed by atoms with Crippen LogP contribution in [0.3, 0.4) is 0 Å². The molecule has 0 aromatic carbocycles. The number of hydrogen-bond donors (Lipinski definition) is 0. The second-order valence-electron chi connectivity index (χ2n) is 2.09. The van der Waals surface area contributed by atoms with Gasteiger partial charge in [-0.25, -0.2) is 13.8 Å².